The summed E-state index contributed by atoms with van der Waals surface area (Å²) in [5.41, 5.74) is 0. The number of rotatable bonds is 3. The van der Waals surface area contributed by atoms with Crippen LogP contribution >= 0.6 is 0 Å². The van der Waals surface area contributed by atoms with Crippen molar-refractivity contribution in [2.24, 2.45) is 0 Å². The van der Waals surface area contributed by atoms with Gasteiger partial charge in [0.15, 0.2) is 0 Å². The molecular formula is C6H8O2. The third-order valence-electron chi connectivity index (χ3n) is 0.892. The van der Waals surface area contributed by atoms with Gasteiger partial charge in [-0.3, -0.25) is 0 Å². The van der Waals surface area contributed by atoms with E-state index in [-0.39, 0.29) is 0 Å². The summed E-state index contributed by atoms with van der Waals surface area (Å²) in [5.74, 6) is 2.37. The van der Waals surface area contributed by atoms with Crippen molar-refractivity contribution in [3.05, 3.63) is 0 Å². The Hall–Kier alpha value is -0.520. The first-order valence-electron chi connectivity index (χ1n) is 2.56. The summed E-state index contributed by atoms with van der Waals surface area (Å²) in [5, 5.41) is 0. The normalized spacial score (nSPS) is 24.6. The Labute approximate surface area is 48.8 Å². The fraction of sp³-hybridized carbons (Fsp3) is 0.667. The molecule has 0 amide bonds. The van der Waals surface area contributed by atoms with Crippen LogP contribution in [-0.4, -0.2) is 25.9 Å². The van der Waals surface area contributed by atoms with Crippen LogP contribution in [0.15, 0.2) is 0 Å². The average Bonchev–Trinajstić information content (AvgIpc) is 2.51. The van der Waals surface area contributed by atoms with Gasteiger partial charge in [0, 0.05) is 0 Å². The van der Waals surface area contributed by atoms with Crippen molar-refractivity contribution in [1.82, 2.24) is 0 Å². The molecule has 1 heterocycles. The van der Waals surface area contributed by atoms with Gasteiger partial charge < -0.3 is 9.47 Å². The minimum absolute atomic E-state index is 0.336. The Morgan fingerprint density at radius 2 is 2.62 bits per heavy atom. The van der Waals surface area contributed by atoms with E-state index in [2.05, 4.69) is 5.92 Å². The molecule has 2 nitrogen and oxygen atoms in total. The van der Waals surface area contributed by atoms with E-state index in [1.165, 1.54) is 0 Å². The smallest absolute Gasteiger partial charge is 0.107 e. The summed E-state index contributed by atoms with van der Waals surface area (Å²) in [6.07, 6.45) is 5.26. The van der Waals surface area contributed by atoms with Crippen LogP contribution in [0.2, 0.25) is 0 Å². The zero-order valence-corrected chi connectivity index (χ0v) is 4.59. The van der Waals surface area contributed by atoms with E-state index in [9.17, 15) is 0 Å². The lowest BCUT2D eigenvalue weighted by atomic mass is 10.5. The van der Waals surface area contributed by atoms with Gasteiger partial charge in [0.25, 0.3) is 0 Å². The second-order valence-corrected chi connectivity index (χ2v) is 1.67. The summed E-state index contributed by atoms with van der Waals surface area (Å²) in [4.78, 5) is 0. The highest BCUT2D eigenvalue weighted by atomic mass is 16.6. The van der Waals surface area contributed by atoms with Crippen molar-refractivity contribution in [3.8, 4) is 12.3 Å². The van der Waals surface area contributed by atoms with Gasteiger partial charge >= 0.3 is 0 Å². The molecule has 0 aliphatic carbocycles. The summed E-state index contributed by atoms with van der Waals surface area (Å²) in [6, 6.07) is 0. The maximum absolute atomic E-state index is 4.95. The summed E-state index contributed by atoms with van der Waals surface area (Å²) >= 11 is 0. The molecule has 0 aromatic carbocycles. The number of epoxide rings is 1. The predicted octanol–water partition coefficient (Wildman–Crippen LogP) is 0.0350. The van der Waals surface area contributed by atoms with Crippen LogP contribution in [0.25, 0.3) is 0 Å². The molecule has 1 saturated heterocycles. The summed E-state index contributed by atoms with van der Waals surface area (Å²) in [7, 11) is 0. The Morgan fingerprint density at radius 3 is 3.12 bits per heavy atom. The molecular weight excluding hydrogens is 104 g/mol. The zero-order chi connectivity index (χ0) is 5.82. The molecule has 44 valence electrons. The van der Waals surface area contributed by atoms with E-state index >= 15 is 0 Å². The van der Waals surface area contributed by atoms with Gasteiger partial charge in [-0.1, -0.05) is 5.92 Å². The lowest BCUT2D eigenvalue weighted by molar-refractivity contribution is 0.145. The van der Waals surface area contributed by atoms with Crippen LogP contribution in [0.1, 0.15) is 0 Å². The van der Waals surface area contributed by atoms with Gasteiger partial charge in [-0.2, -0.15) is 0 Å². The first-order chi connectivity index (χ1) is 3.93. The van der Waals surface area contributed by atoms with E-state index in [1.54, 1.807) is 0 Å². The third kappa shape index (κ3) is 1.97. The lowest BCUT2D eigenvalue weighted by Gasteiger charge is -1.91. The first kappa shape index (κ1) is 5.61. The van der Waals surface area contributed by atoms with Crippen molar-refractivity contribution in [3.63, 3.8) is 0 Å². The van der Waals surface area contributed by atoms with Gasteiger partial charge in [-0.15, -0.1) is 6.42 Å². The van der Waals surface area contributed by atoms with Crippen LogP contribution < -0.4 is 0 Å². The highest BCUT2D eigenvalue weighted by Gasteiger charge is 2.21. The van der Waals surface area contributed by atoms with Crippen molar-refractivity contribution < 1.29 is 9.47 Å². The average molecular weight is 112 g/mol. The van der Waals surface area contributed by atoms with Gasteiger partial charge in [-0.05, 0) is 0 Å². The molecule has 0 aromatic rings. The Bertz CT molecular complexity index is 99.6. The van der Waals surface area contributed by atoms with Gasteiger partial charge in [0.1, 0.15) is 12.7 Å². The Balaban J connectivity index is 1.83. The Kier molecular flexibility index (Phi) is 1.90. The fourth-order valence-electron chi connectivity index (χ4n) is 0.414. The molecule has 1 unspecified atom stereocenters. The molecule has 0 aromatic heterocycles. The third-order valence-corrected chi connectivity index (χ3v) is 0.892. The summed E-state index contributed by atoms with van der Waals surface area (Å²) in [6.45, 7) is 1.90. The van der Waals surface area contributed by atoms with E-state index in [1.807, 2.05) is 0 Å². The van der Waals surface area contributed by atoms with Gasteiger partial charge in [-0.25, -0.2) is 0 Å². The van der Waals surface area contributed by atoms with Crippen molar-refractivity contribution in [1.29, 1.82) is 0 Å². The number of ether oxygens (including phenoxy) is 2. The van der Waals surface area contributed by atoms with Crippen molar-refractivity contribution in [2.75, 3.05) is 19.8 Å². The fourth-order valence-corrected chi connectivity index (χ4v) is 0.414. The highest BCUT2D eigenvalue weighted by Crippen LogP contribution is 2.07. The number of hydrogen-bond acceptors (Lipinski definition) is 2. The first-order valence-corrected chi connectivity index (χ1v) is 2.56. The predicted molar refractivity (Wildman–Crippen MR) is 29.4 cm³/mol. The molecule has 1 fully saturated rings. The molecule has 1 rings (SSSR count). The maximum Gasteiger partial charge on any atom is 0.107 e. The molecule has 0 saturated carbocycles. The standard InChI is InChI=1S/C6H8O2/c1-2-3-7-4-6-5-8-6/h1,6H,3-5H2. The lowest BCUT2D eigenvalue weighted by Crippen LogP contribution is -2.00. The second-order valence-electron chi connectivity index (χ2n) is 1.67. The van der Waals surface area contributed by atoms with E-state index in [0.717, 1.165) is 6.61 Å². The second kappa shape index (κ2) is 2.71. The quantitative estimate of drug-likeness (QED) is 0.292. The molecule has 1 aliphatic rings. The Morgan fingerprint density at radius 1 is 1.88 bits per heavy atom. The maximum atomic E-state index is 4.95. The molecule has 0 radical (unpaired) electrons. The molecule has 2 heteroatoms. The molecule has 0 N–H and O–H groups in total. The summed E-state index contributed by atoms with van der Waals surface area (Å²) < 4.78 is 9.81. The van der Waals surface area contributed by atoms with E-state index < -0.39 is 0 Å². The van der Waals surface area contributed by atoms with Crippen LogP contribution in [0.3, 0.4) is 0 Å². The zero-order valence-electron chi connectivity index (χ0n) is 4.59. The number of terminal acetylenes is 1. The molecule has 0 bridgehead atoms. The van der Waals surface area contributed by atoms with Crippen molar-refractivity contribution >= 4 is 0 Å². The molecule has 0 spiro atoms. The van der Waals surface area contributed by atoms with Crippen LogP contribution in [0.5, 0.6) is 0 Å². The molecule has 1 aliphatic heterocycles. The van der Waals surface area contributed by atoms with E-state index in [0.29, 0.717) is 19.3 Å². The highest BCUT2D eigenvalue weighted by molar-refractivity contribution is 4.83. The van der Waals surface area contributed by atoms with Gasteiger partial charge in [0.05, 0.1) is 13.2 Å². The molecule has 1 atom stereocenters. The minimum Gasteiger partial charge on any atom is -0.371 e. The monoisotopic (exact) mass is 112 g/mol. The SMILES string of the molecule is C#CCOCC1CO1. The van der Waals surface area contributed by atoms with Gasteiger partial charge in [0.2, 0.25) is 0 Å². The largest absolute Gasteiger partial charge is 0.371 e. The van der Waals surface area contributed by atoms with Crippen LogP contribution in [0, 0.1) is 12.3 Å². The minimum atomic E-state index is 0.336. The number of hydrogen-bond donors (Lipinski definition) is 0. The van der Waals surface area contributed by atoms with Crippen LogP contribution in [-0.2, 0) is 9.47 Å². The topological polar surface area (TPSA) is 21.8 Å². The van der Waals surface area contributed by atoms with Crippen LogP contribution in [0.4, 0.5) is 0 Å². The molecule has 8 heavy (non-hydrogen) atoms. The van der Waals surface area contributed by atoms with E-state index in [4.69, 9.17) is 15.9 Å². The van der Waals surface area contributed by atoms with Crippen molar-refractivity contribution in [2.45, 2.75) is 6.10 Å².